The zero-order chi connectivity index (χ0) is 23.7. The number of fused-ring (bicyclic) bond motifs is 1. The number of aliphatic hydroxyl groups is 1. The quantitative estimate of drug-likeness (QED) is 0.407. The van der Waals surface area contributed by atoms with Gasteiger partial charge in [0.25, 0.3) is 0 Å². The Labute approximate surface area is 193 Å². The second-order valence-corrected chi connectivity index (χ2v) is 8.62. The lowest BCUT2D eigenvalue weighted by molar-refractivity contribution is -0.122. The molecule has 0 bridgehead atoms. The number of hydrogen-bond donors (Lipinski definition) is 4. The van der Waals surface area contributed by atoms with Crippen molar-refractivity contribution >= 4 is 46.3 Å². The molecule has 1 atom stereocenters. The van der Waals surface area contributed by atoms with Crippen molar-refractivity contribution in [1.29, 1.82) is 0 Å². The highest BCUT2D eigenvalue weighted by atomic mass is 35.5. The fourth-order valence-corrected chi connectivity index (χ4v) is 4.29. The highest BCUT2D eigenvalue weighted by Gasteiger charge is 2.29. The number of aliphatic hydroxyl groups excluding tert-OH is 1. The normalized spacial score (nSPS) is 19.4. The third kappa shape index (κ3) is 4.83. The van der Waals surface area contributed by atoms with Crippen LogP contribution >= 0.6 is 11.6 Å². The molecule has 1 aliphatic rings. The molecule has 176 valence electrons. The van der Waals surface area contributed by atoms with Crippen LogP contribution in [0, 0.1) is 17.6 Å². The van der Waals surface area contributed by atoms with Crippen molar-refractivity contribution in [3.63, 3.8) is 0 Å². The van der Waals surface area contributed by atoms with E-state index in [9.17, 15) is 18.7 Å². The van der Waals surface area contributed by atoms with Gasteiger partial charge in [0.1, 0.15) is 11.3 Å². The fourth-order valence-electron chi connectivity index (χ4n) is 4.05. The minimum atomic E-state index is -0.860. The van der Waals surface area contributed by atoms with Gasteiger partial charge in [0.05, 0.1) is 23.5 Å². The van der Waals surface area contributed by atoms with Gasteiger partial charge in [-0.2, -0.15) is 4.98 Å². The van der Waals surface area contributed by atoms with E-state index in [4.69, 9.17) is 17.3 Å². The molecule has 1 amide bonds. The molecule has 1 fully saturated rings. The third-order valence-electron chi connectivity index (χ3n) is 5.79. The molecule has 0 unspecified atom stereocenters. The van der Waals surface area contributed by atoms with Crippen molar-refractivity contribution in [3.8, 4) is 0 Å². The molecule has 2 aromatic heterocycles. The number of primary amides is 1. The smallest absolute Gasteiger partial charge is 0.225 e. The zero-order valence-corrected chi connectivity index (χ0v) is 18.6. The molecule has 1 aromatic carbocycles. The number of benzene rings is 1. The van der Waals surface area contributed by atoms with Gasteiger partial charge in [0.2, 0.25) is 17.8 Å². The lowest BCUT2D eigenvalue weighted by Crippen LogP contribution is -2.29. The number of imidazole rings is 1. The average molecular weight is 480 g/mol. The van der Waals surface area contributed by atoms with Gasteiger partial charge in [-0.15, -0.1) is 0 Å². The van der Waals surface area contributed by atoms with Gasteiger partial charge in [-0.1, -0.05) is 11.6 Å². The summed E-state index contributed by atoms with van der Waals surface area (Å²) < 4.78 is 29.8. The van der Waals surface area contributed by atoms with E-state index < -0.39 is 11.6 Å². The predicted molar refractivity (Wildman–Crippen MR) is 120 cm³/mol. The summed E-state index contributed by atoms with van der Waals surface area (Å²) >= 11 is 6.08. The zero-order valence-electron chi connectivity index (χ0n) is 17.9. The van der Waals surface area contributed by atoms with Gasteiger partial charge in [0, 0.05) is 24.1 Å². The average Bonchev–Trinajstić information content (AvgIpc) is 3.13. The van der Waals surface area contributed by atoms with E-state index in [1.807, 2.05) is 4.57 Å². The summed E-state index contributed by atoms with van der Waals surface area (Å²) in [4.78, 5) is 24.9. The Morgan fingerprint density at radius 2 is 2.03 bits per heavy atom. The summed E-state index contributed by atoms with van der Waals surface area (Å²) in [7, 11) is 0. The Kier molecular flexibility index (Phi) is 6.61. The molecule has 2 heterocycles. The van der Waals surface area contributed by atoms with E-state index in [0.717, 1.165) is 12.1 Å². The number of carbonyl (C=O) groups is 1. The van der Waals surface area contributed by atoms with Crippen LogP contribution in [-0.2, 0) is 4.79 Å². The molecular weight excluding hydrogens is 456 g/mol. The SMILES string of the molecule is C[C@H](CO)Nc1ncc2nc(Nc3c(F)cc(F)cc3Cl)n([C@H]3CC[C@@H](C(N)=O)CC3)c2n1. The van der Waals surface area contributed by atoms with Crippen LogP contribution in [0.4, 0.5) is 26.4 Å². The number of nitrogens with two attached hydrogens (primary N) is 1. The van der Waals surface area contributed by atoms with Crippen molar-refractivity contribution in [2.45, 2.75) is 44.7 Å². The van der Waals surface area contributed by atoms with Crippen LogP contribution in [0.25, 0.3) is 11.2 Å². The molecule has 1 saturated carbocycles. The van der Waals surface area contributed by atoms with Gasteiger partial charge in [-0.3, -0.25) is 9.36 Å². The van der Waals surface area contributed by atoms with Gasteiger partial charge < -0.3 is 21.5 Å². The van der Waals surface area contributed by atoms with E-state index in [2.05, 4.69) is 25.6 Å². The summed E-state index contributed by atoms with van der Waals surface area (Å²) in [6.07, 6.45) is 3.99. The topological polar surface area (TPSA) is 131 Å². The number of carbonyl (C=O) groups excluding carboxylic acids is 1. The van der Waals surface area contributed by atoms with Crippen LogP contribution in [0.3, 0.4) is 0 Å². The summed E-state index contributed by atoms with van der Waals surface area (Å²) in [5.74, 6) is -1.61. The summed E-state index contributed by atoms with van der Waals surface area (Å²) in [6.45, 7) is 1.68. The standard InChI is InChI=1S/C21H24ClF2N7O2/c1-10(9-32)27-20-26-8-16-19(30-20)31(13-4-2-11(3-5-13)18(25)33)21(28-16)29-17-14(22)6-12(23)7-15(17)24/h6-8,10-11,13,32H,2-5,9H2,1H3,(H2,25,33)(H,28,29)(H,26,27,30)/t10-,11-,13+/m1/s1. The molecule has 5 N–H and O–H groups in total. The number of anilines is 3. The Morgan fingerprint density at radius 3 is 2.67 bits per heavy atom. The number of nitrogens with zero attached hydrogens (tertiary/aromatic N) is 4. The van der Waals surface area contributed by atoms with Crippen LogP contribution < -0.4 is 16.4 Å². The Balaban J connectivity index is 1.77. The highest BCUT2D eigenvalue weighted by Crippen LogP contribution is 2.38. The number of aromatic nitrogens is 4. The molecule has 4 rings (SSSR count). The third-order valence-corrected chi connectivity index (χ3v) is 6.09. The first-order valence-electron chi connectivity index (χ1n) is 10.6. The number of nitrogens with one attached hydrogen (secondary N) is 2. The first-order valence-corrected chi connectivity index (χ1v) is 11.0. The van der Waals surface area contributed by atoms with Crippen LogP contribution in [-0.4, -0.2) is 43.2 Å². The second-order valence-electron chi connectivity index (χ2n) is 8.21. The second kappa shape index (κ2) is 9.44. The predicted octanol–water partition coefficient (Wildman–Crippen LogP) is 3.51. The maximum absolute atomic E-state index is 14.5. The van der Waals surface area contributed by atoms with Crippen LogP contribution in [0.2, 0.25) is 5.02 Å². The first kappa shape index (κ1) is 23.1. The van der Waals surface area contributed by atoms with E-state index in [1.54, 1.807) is 6.92 Å². The Hall–Kier alpha value is -3.05. The number of halogens is 3. The molecular formula is C21H24ClF2N7O2. The summed E-state index contributed by atoms with van der Waals surface area (Å²) in [5, 5.41) is 15.1. The molecule has 1 aliphatic carbocycles. The molecule has 33 heavy (non-hydrogen) atoms. The van der Waals surface area contributed by atoms with Gasteiger partial charge in [-0.05, 0) is 38.7 Å². The highest BCUT2D eigenvalue weighted by molar-refractivity contribution is 6.33. The fraction of sp³-hybridized carbons (Fsp3) is 0.429. The van der Waals surface area contributed by atoms with Crippen molar-refractivity contribution in [3.05, 3.63) is 35.0 Å². The largest absolute Gasteiger partial charge is 0.394 e. The lowest BCUT2D eigenvalue weighted by Gasteiger charge is -2.29. The summed E-state index contributed by atoms with van der Waals surface area (Å²) in [5.41, 5.74) is 6.30. The Bertz CT molecular complexity index is 1160. The van der Waals surface area contributed by atoms with Crippen LogP contribution in [0.15, 0.2) is 18.3 Å². The molecule has 9 nitrogen and oxygen atoms in total. The van der Waals surface area contributed by atoms with Crippen molar-refractivity contribution in [1.82, 2.24) is 19.5 Å². The van der Waals surface area contributed by atoms with Gasteiger partial charge in [0.15, 0.2) is 11.5 Å². The molecule has 0 saturated heterocycles. The lowest BCUT2D eigenvalue weighted by atomic mass is 9.85. The van der Waals surface area contributed by atoms with E-state index in [0.29, 0.717) is 42.8 Å². The molecule has 12 heteroatoms. The summed E-state index contributed by atoms with van der Waals surface area (Å²) in [6, 6.07) is 1.37. The monoisotopic (exact) mass is 479 g/mol. The Morgan fingerprint density at radius 1 is 1.30 bits per heavy atom. The van der Waals surface area contributed by atoms with Crippen LogP contribution in [0.5, 0.6) is 0 Å². The minimum absolute atomic E-state index is 0.103. The number of rotatable bonds is 7. The first-order chi connectivity index (χ1) is 15.8. The van der Waals surface area contributed by atoms with E-state index >= 15 is 0 Å². The number of hydrogen-bond acceptors (Lipinski definition) is 7. The molecule has 0 radical (unpaired) electrons. The molecule has 3 aromatic rings. The number of amides is 1. The van der Waals surface area contributed by atoms with Crippen molar-refractivity contribution < 1.29 is 18.7 Å². The molecule has 0 aliphatic heterocycles. The molecule has 0 spiro atoms. The van der Waals surface area contributed by atoms with E-state index in [1.165, 1.54) is 6.20 Å². The van der Waals surface area contributed by atoms with Gasteiger partial charge in [-0.25, -0.2) is 18.7 Å². The minimum Gasteiger partial charge on any atom is -0.394 e. The van der Waals surface area contributed by atoms with Crippen molar-refractivity contribution in [2.75, 3.05) is 17.2 Å². The van der Waals surface area contributed by atoms with E-state index in [-0.39, 0.29) is 47.2 Å². The van der Waals surface area contributed by atoms with Crippen molar-refractivity contribution in [2.24, 2.45) is 11.7 Å². The van der Waals surface area contributed by atoms with Crippen LogP contribution in [0.1, 0.15) is 38.6 Å². The van der Waals surface area contributed by atoms with Gasteiger partial charge >= 0.3 is 0 Å². The maximum atomic E-state index is 14.5. The maximum Gasteiger partial charge on any atom is 0.225 e.